The number of hydrogen-bond acceptors (Lipinski definition) is 3. The fourth-order valence-corrected chi connectivity index (χ4v) is 1.38. The van der Waals surface area contributed by atoms with Gasteiger partial charge in [0.1, 0.15) is 0 Å². The Labute approximate surface area is 105 Å². The van der Waals surface area contributed by atoms with Crippen LogP contribution in [0.2, 0.25) is 0 Å². The molecule has 0 aromatic heterocycles. The molecule has 0 spiro atoms. The highest BCUT2D eigenvalue weighted by Crippen LogP contribution is 2.08. The van der Waals surface area contributed by atoms with Gasteiger partial charge in [0.15, 0.2) is 5.92 Å². The van der Waals surface area contributed by atoms with Gasteiger partial charge in [0.25, 0.3) is 0 Å². The maximum absolute atomic E-state index is 11.9. The van der Waals surface area contributed by atoms with Crippen LogP contribution in [0.3, 0.4) is 0 Å². The second-order valence-corrected chi connectivity index (χ2v) is 3.52. The molecule has 0 aliphatic carbocycles. The number of amides is 3. The van der Waals surface area contributed by atoms with Crippen molar-refractivity contribution >= 4 is 23.4 Å². The first-order chi connectivity index (χ1) is 8.60. The molecule has 6 heteroatoms. The Bertz CT molecular complexity index is 429. The van der Waals surface area contributed by atoms with E-state index in [1.54, 1.807) is 30.3 Å². The molecule has 0 fully saturated rings. The minimum absolute atomic E-state index is 0.528. The van der Waals surface area contributed by atoms with Crippen LogP contribution >= 0.6 is 0 Å². The summed E-state index contributed by atoms with van der Waals surface area (Å²) in [4.78, 5) is 34.9. The first-order valence-corrected chi connectivity index (χ1v) is 5.39. The third-order valence-electron chi connectivity index (χ3n) is 2.32. The Morgan fingerprint density at radius 2 is 1.39 bits per heavy atom. The fraction of sp³-hybridized carbons (Fsp3) is 0.250. The molecule has 0 heterocycles. The van der Waals surface area contributed by atoms with Crippen LogP contribution < -0.4 is 16.0 Å². The number of hydrogen-bond donors (Lipinski definition) is 3. The third kappa shape index (κ3) is 3.31. The summed E-state index contributed by atoms with van der Waals surface area (Å²) in [6, 6.07) is 8.62. The molecule has 6 nitrogen and oxygen atoms in total. The van der Waals surface area contributed by atoms with E-state index in [1.807, 2.05) is 0 Å². The highest BCUT2D eigenvalue weighted by Gasteiger charge is 2.32. The standard InChI is InChI=1S/C12H15N3O3/c1-13-10(16)9(11(17)14-2)12(18)15-8-6-4-3-5-7-8/h3-7,9H,1-2H3,(H,13,16)(H,14,17)(H,15,18). The molecule has 0 radical (unpaired) electrons. The van der Waals surface area contributed by atoms with Gasteiger partial charge in [-0.2, -0.15) is 0 Å². The molecular weight excluding hydrogens is 234 g/mol. The lowest BCUT2D eigenvalue weighted by molar-refractivity contribution is -0.140. The van der Waals surface area contributed by atoms with Crippen LogP contribution in [-0.4, -0.2) is 31.8 Å². The molecule has 3 N–H and O–H groups in total. The minimum Gasteiger partial charge on any atom is -0.358 e. The minimum atomic E-state index is -1.40. The lowest BCUT2D eigenvalue weighted by Crippen LogP contribution is -2.45. The van der Waals surface area contributed by atoms with Crippen molar-refractivity contribution in [1.82, 2.24) is 10.6 Å². The van der Waals surface area contributed by atoms with E-state index in [-0.39, 0.29) is 0 Å². The van der Waals surface area contributed by atoms with Gasteiger partial charge in [0.05, 0.1) is 0 Å². The summed E-state index contributed by atoms with van der Waals surface area (Å²) in [5.74, 6) is -3.37. The predicted octanol–water partition coefficient (Wildman–Crippen LogP) is -0.267. The molecule has 0 aliphatic rings. The average Bonchev–Trinajstić information content (AvgIpc) is 2.39. The summed E-state index contributed by atoms with van der Waals surface area (Å²) in [6.45, 7) is 0. The van der Waals surface area contributed by atoms with E-state index >= 15 is 0 Å². The second kappa shape index (κ2) is 6.39. The third-order valence-corrected chi connectivity index (χ3v) is 2.32. The molecule has 3 amide bonds. The van der Waals surface area contributed by atoms with Gasteiger partial charge in [-0.25, -0.2) is 0 Å². The number of carbonyl (C=O) groups excluding carboxylic acids is 3. The SMILES string of the molecule is CNC(=O)C(C(=O)NC)C(=O)Nc1ccccc1. The summed E-state index contributed by atoms with van der Waals surface area (Å²) in [6.07, 6.45) is 0. The van der Waals surface area contributed by atoms with E-state index in [9.17, 15) is 14.4 Å². The van der Waals surface area contributed by atoms with E-state index < -0.39 is 23.6 Å². The maximum atomic E-state index is 11.9. The number of benzene rings is 1. The van der Waals surface area contributed by atoms with E-state index in [1.165, 1.54) is 14.1 Å². The van der Waals surface area contributed by atoms with Gasteiger partial charge in [-0.15, -0.1) is 0 Å². The predicted molar refractivity (Wildman–Crippen MR) is 66.7 cm³/mol. The zero-order valence-electron chi connectivity index (χ0n) is 10.2. The van der Waals surface area contributed by atoms with Crippen molar-refractivity contribution in [1.29, 1.82) is 0 Å². The fourth-order valence-electron chi connectivity index (χ4n) is 1.38. The number of anilines is 1. The molecule has 1 rings (SSSR count). The van der Waals surface area contributed by atoms with Gasteiger partial charge >= 0.3 is 0 Å². The van der Waals surface area contributed by atoms with Crippen molar-refractivity contribution < 1.29 is 14.4 Å². The molecule has 0 aliphatic heterocycles. The molecule has 96 valence electrons. The van der Waals surface area contributed by atoms with E-state index in [4.69, 9.17) is 0 Å². The van der Waals surface area contributed by atoms with Crippen molar-refractivity contribution in [3.05, 3.63) is 30.3 Å². The van der Waals surface area contributed by atoms with Gasteiger partial charge in [-0.1, -0.05) is 18.2 Å². The van der Waals surface area contributed by atoms with Crippen molar-refractivity contribution in [2.75, 3.05) is 19.4 Å². The largest absolute Gasteiger partial charge is 0.358 e. The van der Waals surface area contributed by atoms with Gasteiger partial charge in [-0.05, 0) is 12.1 Å². The zero-order chi connectivity index (χ0) is 13.5. The molecule has 1 aromatic carbocycles. The Morgan fingerprint density at radius 1 is 0.889 bits per heavy atom. The normalized spacial score (nSPS) is 9.72. The van der Waals surface area contributed by atoms with Crippen molar-refractivity contribution in [3.63, 3.8) is 0 Å². The topological polar surface area (TPSA) is 87.3 Å². The van der Waals surface area contributed by atoms with Crippen molar-refractivity contribution in [2.24, 2.45) is 5.92 Å². The molecule has 0 atom stereocenters. The van der Waals surface area contributed by atoms with Crippen LogP contribution in [0.5, 0.6) is 0 Å². The molecular formula is C12H15N3O3. The van der Waals surface area contributed by atoms with Crippen LogP contribution in [0.1, 0.15) is 0 Å². The molecule has 0 saturated carbocycles. The van der Waals surface area contributed by atoms with E-state index in [2.05, 4.69) is 16.0 Å². The van der Waals surface area contributed by atoms with Crippen LogP contribution in [0.15, 0.2) is 30.3 Å². The van der Waals surface area contributed by atoms with E-state index in [0.29, 0.717) is 5.69 Å². The monoisotopic (exact) mass is 249 g/mol. The van der Waals surface area contributed by atoms with Crippen LogP contribution in [0.25, 0.3) is 0 Å². The molecule has 0 unspecified atom stereocenters. The lowest BCUT2D eigenvalue weighted by atomic mass is 10.1. The average molecular weight is 249 g/mol. The lowest BCUT2D eigenvalue weighted by Gasteiger charge is -2.13. The van der Waals surface area contributed by atoms with Crippen LogP contribution in [-0.2, 0) is 14.4 Å². The molecule has 18 heavy (non-hydrogen) atoms. The van der Waals surface area contributed by atoms with Gasteiger partial charge in [-0.3, -0.25) is 14.4 Å². The van der Waals surface area contributed by atoms with Crippen LogP contribution in [0, 0.1) is 5.92 Å². The summed E-state index contributed by atoms with van der Waals surface area (Å²) >= 11 is 0. The number of carbonyl (C=O) groups is 3. The number of para-hydroxylation sites is 1. The summed E-state index contributed by atoms with van der Waals surface area (Å²) < 4.78 is 0. The summed E-state index contributed by atoms with van der Waals surface area (Å²) in [5.41, 5.74) is 0.528. The van der Waals surface area contributed by atoms with E-state index in [0.717, 1.165) is 0 Å². The first-order valence-electron chi connectivity index (χ1n) is 5.39. The number of nitrogens with one attached hydrogen (secondary N) is 3. The highest BCUT2D eigenvalue weighted by atomic mass is 16.2. The Morgan fingerprint density at radius 3 is 1.83 bits per heavy atom. The Balaban J connectivity index is 2.83. The molecule has 0 saturated heterocycles. The Kier molecular flexibility index (Phi) is 4.86. The summed E-state index contributed by atoms with van der Waals surface area (Å²) in [5, 5.41) is 7.08. The molecule has 0 bridgehead atoms. The smallest absolute Gasteiger partial charge is 0.246 e. The van der Waals surface area contributed by atoms with Gasteiger partial charge in [0, 0.05) is 19.8 Å². The highest BCUT2D eigenvalue weighted by molar-refractivity contribution is 6.20. The summed E-state index contributed by atoms with van der Waals surface area (Å²) in [7, 11) is 2.74. The second-order valence-electron chi connectivity index (χ2n) is 3.52. The zero-order valence-corrected chi connectivity index (χ0v) is 10.2. The quantitative estimate of drug-likeness (QED) is 0.642. The van der Waals surface area contributed by atoms with Crippen molar-refractivity contribution in [3.8, 4) is 0 Å². The number of rotatable bonds is 4. The first kappa shape index (κ1) is 13.7. The van der Waals surface area contributed by atoms with Gasteiger partial charge < -0.3 is 16.0 Å². The van der Waals surface area contributed by atoms with Crippen LogP contribution in [0.4, 0.5) is 5.69 Å². The van der Waals surface area contributed by atoms with Crippen molar-refractivity contribution in [2.45, 2.75) is 0 Å². The maximum Gasteiger partial charge on any atom is 0.246 e. The van der Waals surface area contributed by atoms with Gasteiger partial charge in [0.2, 0.25) is 17.7 Å². The molecule has 1 aromatic rings. The Hall–Kier alpha value is -2.37.